The van der Waals surface area contributed by atoms with Crippen LogP contribution in [-0.4, -0.2) is 34.3 Å². The minimum atomic E-state index is -0.663. The van der Waals surface area contributed by atoms with E-state index in [-0.39, 0.29) is 17.9 Å². The van der Waals surface area contributed by atoms with Gasteiger partial charge in [0.1, 0.15) is 11.6 Å². The first-order valence-electron chi connectivity index (χ1n) is 7.69. The number of nitrogens with one attached hydrogen (secondary N) is 1. The van der Waals surface area contributed by atoms with Crippen molar-refractivity contribution in [2.24, 2.45) is 5.92 Å². The fraction of sp³-hybridized carbons (Fsp3) is 0.867. The summed E-state index contributed by atoms with van der Waals surface area (Å²) in [6.45, 7) is 8.11. The minimum absolute atomic E-state index is 0.0348. The maximum Gasteiger partial charge on any atom is 0.249 e. The smallest absolute Gasteiger partial charge is 0.249 e. The Bertz CT molecular complexity index is 376. The molecular weight excluding hydrogens is 240 g/mol. The molecule has 1 saturated carbocycles. The number of amides is 2. The van der Waals surface area contributed by atoms with Crippen molar-refractivity contribution in [1.82, 2.24) is 10.2 Å². The summed E-state index contributed by atoms with van der Waals surface area (Å²) in [5.41, 5.74) is -0.663. The number of piperazine rings is 1. The van der Waals surface area contributed by atoms with E-state index in [1.54, 1.807) is 0 Å². The lowest BCUT2D eigenvalue weighted by Crippen LogP contribution is -2.70. The van der Waals surface area contributed by atoms with E-state index in [1.807, 2.05) is 25.7 Å². The van der Waals surface area contributed by atoms with E-state index in [2.05, 4.69) is 12.2 Å². The third-order valence-corrected chi connectivity index (χ3v) is 5.01. The molecule has 0 spiro atoms. The topological polar surface area (TPSA) is 49.4 Å². The van der Waals surface area contributed by atoms with Crippen LogP contribution in [0.1, 0.15) is 59.8 Å². The van der Waals surface area contributed by atoms with Crippen LogP contribution in [0.2, 0.25) is 0 Å². The summed E-state index contributed by atoms with van der Waals surface area (Å²) in [7, 11) is 0. The highest BCUT2D eigenvalue weighted by Crippen LogP contribution is 2.42. The van der Waals surface area contributed by atoms with Crippen molar-refractivity contribution in [3.05, 3.63) is 0 Å². The van der Waals surface area contributed by atoms with E-state index in [4.69, 9.17) is 0 Å². The molecule has 1 aliphatic heterocycles. The molecule has 4 heteroatoms. The summed E-state index contributed by atoms with van der Waals surface area (Å²) in [5, 5.41) is 3.00. The van der Waals surface area contributed by atoms with Gasteiger partial charge < -0.3 is 10.2 Å². The molecule has 1 saturated heterocycles. The van der Waals surface area contributed by atoms with Gasteiger partial charge >= 0.3 is 0 Å². The molecule has 19 heavy (non-hydrogen) atoms. The van der Waals surface area contributed by atoms with Crippen LogP contribution in [0.15, 0.2) is 0 Å². The monoisotopic (exact) mass is 266 g/mol. The first kappa shape index (κ1) is 14.4. The molecule has 0 aromatic heterocycles. The molecule has 1 heterocycles. The number of hydrogen-bond donors (Lipinski definition) is 1. The largest absolute Gasteiger partial charge is 0.340 e. The molecule has 0 aromatic rings. The van der Waals surface area contributed by atoms with Crippen LogP contribution in [0.4, 0.5) is 0 Å². The maximum atomic E-state index is 12.9. The Hall–Kier alpha value is -1.06. The number of carbonyl (C=O) groups is 2. The highest BCUT2D eigenvalue weighted by atomic mass is 16.2. The van der Waals surface area contributed by atoms with Gasteiger partial charge in [0.05, 0.1) is 0 Å². The summed E-state index contributed by atoms with van der Waals surface area (Å²) in [6, 6.07) is 0.0336. The van der Waals surface area contributed by atoms with E-state index >= 15 is 0 Å². The van der Waals surface area contributed by atoms with Crippen LogP contribution < -0.4 is 5.32 Å². The Morgan fingerprint density at radius 3 is 2.21 bits per heavy atom. The first-order valence-corrected chi connectivity index (χ1v) is 7.69. The highest BCUT2D eigenvalue weighted by molar-refractivity contribution is 6.00. The predicted octanol–water partition coefficient (Wildman–Crippen LogP) is 2.08. The van der Waals surface area contributed by atoms with Crippen LogP contribution in [-0.2, 0) is 9.59 Å². The molecule has 0 radical (unpaired) electrons. The van der Waals surface area contributed by atoms with Crippen molar-refractivity contribution in [2.45, 2.75) is 77.4 Å². The SMILES string of the molecule is CCC1CC1N1C(=O)C(CC)(CC)NC(=O)C1CC. The molecule has 2 fully saturated rings. The van der Waals surface area contributed by atoms with Gasteiger partial charge in [-0.15, -0.1) is 0 Å². The number of hydrogen-bond acceptors (Lipinski definition) is 2. The average molecular weight is 266 g/mol. The Balaban J connectivity index is 2.30. The van der Waals surface area contributed by atoms with Gasteiger partial charge in [-0.25, -0.2) is 0 Å². The van der Waals surface area contributed by atoms with Crippen LogP contribution in [0.3, 0.4) is 0 Å². The van der Waals surface area contributed by atoms with Gasteiger partial charge in [0.25, 0.3) is 0 Å². The molecule has 2 aliphatic rings. The Kier molecular flexibility index (Phi) is 3.88. The molecule has 3 atom stereocenters. The lowest BCUT2D eigenvalue weighted by molar-refractivity contribution is -0.156. The van der Waals surface area contributed by atoms with Gasteiger partial charge in [0.2, 0.25) is 11.8 Å². The highest BCUT2D eigenvalue weighted by Gasteiger charge is 2.55. The van der Waals surface area contributed by atoms with Gasteiger partial charge in [-0.1, -0.05) is 34.1 Å². The molecule has 2 amide bonds. The fourth-order valence-electron chi connectivity index (χ4n) is 3.39. The Labute approximate surface area is 115 Å². The zero-order chi connectivity index (χ0) is 14.2. The van der Waals surface area contributed by atoms with Crippen LogP contribution >= 0.6 is 0 Å². The van der Waals surface area contributed by atoms with E-state index in [0.717, 1.165) is 12.8 Å². The molecule has 2 rings (SSSR count). The van der Waals surface area contributed by atoms with Crippen molar-refractivity contribution in [3.63, 3.8) is 0 Å². The van der Waals surface area contributed by atoms with Gasteiger partial charge in [-0.3, -0.25) is 9.59 Å². The van der Waals surface area contributed by atoms with Crippen LogP contribution in [0.5, 0.6) is 0 Å². The van der Waals surface area contributed by atoms with E-state index in [9.17, 15) is 9.59 Å². The fourth-order valence-corrected chi connectivity index (χ4v) is 3.39. The quantitative estimate of drug-likeness (QED) is 0.828. The normalized spacial score (nSPS) is 33.3. The molecule has 1 N–H and O–H groups in total. The minimum Gasteiger partial charge on any atom is -0.340 e. The van der Waals surface area contributed by atoms with Gasteiger partial charge in [0, 0.05) is 6.04 Å². The average Bonchev–Trinajstić information content (AvgIpc) is 3.19. The van der Waals surface area contributed by atoms with Crippen molar-refractivity contribution in [3.8, 4) is 0 Å². The Morgan fingerprint density at radius 2 is 1.79 bits per heavy atom. The van der Waals surface area contributed by atoms with Crippen molar-refractivity contribution < 1.29 is 9.59 Å². The second-order valence-electron chi connectivity index (χ2n) is 5.89. The third-order valence-electron chi connectivity index (χ3n) is 5.01. The van der Waals surface area contributed by atoms with Crippen LogP contribution in [0.25, 0.3) is 0 Å². The third kappa shape index (κ3) is 2.15. The molecule has 108 valence electrons. The molecule has 1 aliphatic carbocycles. The Morgan fingerprint density at radius 1 is 1.16 bits per heavy atom. The summed E-state index contributed by atoms with van der Waals surface area (Å²) in [6.07, 6.45) is 4.20. The summed E-state index contributed by atoms with van der Waals surface area (Å²) in [4.78, 5) is 27.1. The predicted molar refractivity (Wildman–Crippen MR) is 74.6 cm³/mol. The molecule has 0 bridgehead atoms. The number of carbonyl (C=O) groups excluding carboxylic acids is 2. The van der Waals surface area contributed by atoms with Gasteiger partial charge in [0.15, 0.2) is 0 Å². The van der Waals surface area contributed by atoms with E-state index in [1.165, 1.54) is 0 Å². The van der Waals surface area contributed by atoms with Crippen molar-refractivity contribution >= 4 is 11.8 Å². The second-order valence-corrected chi connectivity index (χ2v) is 5.89. The summed E-state index contributed by atoms with van der Waals surface area (Å²) >= 11 is 0. The van der Waals surface area contributed by atoms with Gasteiger partial charge in [-0.05, 0) is 31.6 Å². The first-order chi connectivity index (χ1) is 9.04. The van der Waals surface area contributed by atoms with Crippen molar-refractivity contribution in [2.75, 3.05) is 0 Å². The second kappa shape index (κ2) is 5.14. The van der Waals surface area contributed by atoms with Crippen molar-refractivity contribution in [1.29, 1.82) is 0 Å². The summed E-state index contributed by atoms with van der Waals surface area (Å²) < 4.78 is 0. The molecule has 0 aromatic carbocycles. The summed E-state index contributed by atoms with van der Waals surface area (Å²) in [5.74, 6) is 0.771. The van der Waals surface area contributed by atoms with Gasteiger partial charge in [-0.2, -0.15) is 0 Å². The number of rotatable bonds is 5. The molecular formula is C15H26N2O2. The maximum absolute atomic E-state index is 12.9. The zero-order valence-electron chi connectivity index (χ0n) is 12.5. The lowest BCUT2D eigenvalue weighted by Gasteiger charge is -2.45. The van der Waals surface area contributed by atoms with Crippen LogP contribution in [0, 0.1) is 5.92 Å². The molecule has 4 nitrogen and oxygen atoms in total. The number of nitrogens with zero attached hydrogens (tertiary/aromatic N) is 1. The standard InChI is InChI=1S/C15H26N2O2/c1-5-10-9-12(10)17-11(6-2)13(18)16-15(7-3,8-4)14(17)19/h10-12H,5-9H2,1-4H3,(H,16,18). The van der Waals surface area contributed by atoms with E-state index in [0.29, 0.717) is 31.2 Å². The van der Waals surface area contributed by atoms with E-state index < -0.39 is 5.54 Å². The molecule has 3 unspecified atom stereocenters. The zero-order valence-corrected chi connectivity index (χ0v) is 12.5. The lowest BCUT2D eigenvalue weighted by atomic mass is 9.86.